The molecule has 36 heavy (non-hydrogen) atoms. The molecule has 0 spiro atoms. The summed E-state index contributed by atoms with van der Waals surface area (Å²) >= 11 is 12.5. The average Bonchev–Trinajstić information content (AvgIpc) is 3.33. The van der Waals surface area contributed by atoms with Crippen LogP contribution in [0.1, 0.15) is 24.1 Å². The number of benzene rings is 2. The molecular weight excluding hydrogens is 515 g/mol. The van der Waals surface area contributed by atoms with Crippen molar-refractivity contribution >= 4 is 38.9 Å². The van der Waals surface area contributed by atoms with Crippen molar-refractivity contribution in [2.75, 3.05) is 11.4 Å². The van der Waals surface area contributed by atoms with Crippen molar-refractivity contribution in [3.63, 3.8) is 0 Å². The van der Waals surface area contributed by atoms with E-state index >= 15 is 0 Å². The molecule has 1 N–H and O–H groups in total. The molecule has 9 heteroatoms. The molecule has 0 saturated heterocycles. The number of allylic oxidation sites excluding steroid dienone is 4. The predicted molar refractivity (Wildman–Crippen MR) is 147 cm³/mol. The van der Waals surface area contributed by atoms with E-state index in [0.717, 1.165) is 22.5 Å². The van der Waals surface area contributed by atoms with Crippen LogP contribution < -0.4 is 4.90 Å². The van der Waals surface area contributed by atoms with Crippen LogP contribution in [-0.4, -0.2) is 35.3 Å². The largest absolute Gasteiger partial charge is 0.361 e. The summed E-state index contributed by atoms with van der Waals surface area (Å²) in [6.45, 7) is 8.75. The molecular formula is C27H28Cl2N4O2S. The van der Waals surface area contributed by atoms with Crippen LogP contribution in [0.3, 0.4) is 0 Å². The predicted octanol–water partition coefficient (Wildman–Crippen LogP) is 6.37. The topological polar surface area (TPSA) is 69.3 Å². The highest BCUT2D eigenvalue weighted by molar-refractivity contribution is 7.89. The maximum absolute atomic E-state index is 13.9. The normalized spacial score (nSPS) is 16.9. The summed E-state index contributed by atoms with van der Waals surface area (Å²) in [6.07, 6.45) is 10.3. The van der Waals surface area contributed by atoms with Gasteiger partial charge in [0.2, 0.25) is 10.0 Å². The number of aromatic nitrogens is 2. The molecule has 3 aromatic rings. The third-order valence-electron chi connectivity index (χ3n) is 6.27. The van der Waals surface area contributed by atoms with Gasteiger partial charge in [0.25, 0.3) is 0 Å². The zero-order valence-electron chi connectivity index (χ0n) is 19.8. The number of halogens is 2. The fourth-order valence-electron chi connectivity index (χ4n) is 4.46. The number of para-hydroxylation sites is 1. The SMILES string of the molecule is C=C/C=C(\C=C)CCC1CN(S(=O)(=O)c2cc(Cl)ccc2Cl)Cc2ccccc2N1Cc1cnc[nH]1. The minimum atomic E-state index is -3.93. The van der Waals surface area contributed by atoms with Crippen LogP contribution in [0.15, 0.2) is 96.8 Å². The number of imidazole rings is 1. The molecule has 4 rings (SSSR count). The van der Waals surface area contributed by atoms with Gasteiger partial charge in [0.15, 0.2) is 0 Å². The highest BCUT2D eigenvalue weighted by Crippen LogP contribution is 2.35. The van der Waals surface area contributed by atoms with Crippen LogP contribution >= 0.6 is 23.2 Å². The summed E-state index contributed by atoms with van der Waals surface area (Å²) in [6, 6.07) is 12.3. The van der Waals surface area contributed by atoms with Gasteiger partial charge in [-0.2, -0.15) is 4.31 Å². The Bertz CT molecular complexity index is 1370. The first-order valence-corrected chi connectivity index (χ1v) is 13.7. The Morgan fingerprint density at radius 3 is 2.72 bits per heavy atom. The van der Waals surface area contributed by atoms with Crippen molar-refractivity contribution in [1.29, 1.82) is 0 Å². The van der Waals surface area contributed by atoms with Crippen LogP contribution in [0.4, 0.5) is 5.69 Å². The summed E-state index contributed by atoms with van der Waals surface area (Å²) in [5.41, 5.74) is 3.87. The van der Waals surface area contributed by atoms with E-state index in [1.165, 1.54) is 16.4 Å². The van der Waals surface area contributed by atoms with E-state index in [4.69, 9.17) is 23.2 Å². The molecule has 6 nitrogen and oxygen atoms in total. The third-order valence-corrected chi connectivity index (χ3v) is 8.80. The molecule has 188 valence electrons. The molecule has 0 saturated carbocycles. The van der Waals surface area contributed by atoms with Gasteiger partial charge in [-0.05, 0) is 48.2 Å². The van der Waals surface area contributed by atoms with E-state index in [1.54, 1.807) is 24.7 Å². The lowest BCUT2D eigenvalue weighted by Crippen LogP contribution is -2.43. The molecule has 0 fully saturated rings. The Morgan fingerprint density at radius 1 is 1.19 bits per heavy atom. The van der Waals surface area contributed by atoms with E-state index in [0.29, 0.717) is 24.4 Å². The quantitative estimate of drug-likeness (QED) is 0.318. The van der Waals surface area contributed by atoms with Crippen molar-refractivity contribution in [3.05, 3.63) is 113 Å². The summed E-state index contributed by atoms with van der Waals surface area (Å²) in [4.78, 5) is 9.61. The lowest BCUT2D eigenvalue weighted by atomic mass is 10.0. The average molecular weight is 544 g/mol. The van der Waals surface area contributed by atoms with E-state index in [2.05, 4.69) is 28.0 Å². The van der Waals surface area contributed by atoms with E-state index in [-0.39, 0.29) is 29.0 Å². The summed E-state index contributed by atoms with van der Waals surface area (Å²) in [7, 11) is -3.93. The maximum Gasteiger partial charge on any atom is 0.244 e. The monoisotopic (exact) mass is 542 g/mol. The Morgan fingerprint density at radius 2 is 2.00 bits per heavy atom. The number of hydrogen-bond donors (Lipinski definition) is 1. The molecule has 0 aliphatic carbocycles. The number of anilines is 1. The lowest BCUT2D eigenvalue weighted by Gasteiger charge is -2.34. The molecule has 1 aromatic heterocycles. The second-order valence-electron chi connectivity index (χ2n) is 8.58. The van der Waals surface area contributed by atoms with Crippen molar-refractivity contribution in [1.82, 2.24) is 14.3 Å². The van der Waals surface area contributed by atoms with E-state index in [9.17, 15) is 8.42 Å². The van der Waals surface area contributed by atoms with Gasteiger partial charge in [-0.25, -0.2) is 13.4 Å². The van der Waals surface area contributed by atoms with Crippen molar-refractivity contribution in [2.24, 2.45) is 0 Å². The zero-order valence-corrected chi connectivity index (χ0v) is 22.1. The van der Waals surface area contributed by atoms with Gasteiger partial charge in [0, 0.05) is 36.0 Å². The van der Waals surface area contributed by atoms with Crippen molar-refractivity contribution in [2.45, 2.75) is 36.9 Å². The molecule has 1 atom stereocenters. The zero-order chi connectivity index (χ0) is 25.7. The fraction of sp³-hybridized carbons (Fsp3) is 0.222. The standard InChI is InChI=1S/C27H28Cl2N4O2S/c1-3-7-20(4-2)10-12-24-18-32(36(34,35)27-14-22(28)11-13-25(27)29)16-21-8-5-6-9-26(21)33(24)17-23-15-30-19-31-23/h3-9,11,13-15,19,24H,1-2,10,12,16-18H2,(H,30,31)/b20-7+. The Hall–Kier alpha value is -2.84. The lowest BCUT2D eigenvalue weighted by molar-refractivity contribution is 0.370. The number of H-pyrrole nitrogens is 1. The van der Waals surface area contributed by atoms with Crippen LogP contribution in [0, 0.1) is 0 Å². The number of nitrogens with zero attached hydrogens (tertiary/aromatic N) is 3. The van der Waals surface area contributed by atoms with Crippen molar-refractivity contribution < 1.29 is 8.42 Å². The first-order valence-electron chi connectivity index (χ1n) is 11.5. The molecule has 1 unspecified atom stereocenters. The molecule has 2 aromatic carbocycles. The number of rotatable bonds is 9. The molecule has 1 aliphatic heterocycles. The number of sulfonamides is 1. The first kappa shape index (κ1) is 26.2. The second kappa shape index (κ2) is 11.5. The Labute approximate surface area is 222 Å². The summed E-state index contributed by atoms with van der Waals surface area (Å²) in [5, 5.41) is 0.460. The Balaban J connectivity index is 1.78. The smallest absolute Gasteiger partial charge is 0.244 e. The first-order chi connectivity index (χ1) is 17.3. The van der Waals surface area contributed by atoms with Gasteiger partial charge < -0.3 is 9.88 Å². The molecule has 0 bridgehead atoms. The second-order valence-corrected chi connectivity index (χ2v) is 11.3. The minimum Gasteiger partial charge on any atom is -0.361 e. The highest BCUT2D eigenvalue weighted by atomic mass is 35.5. The van der Waals surface area contributed by atoms with Crippen LogP contribution in [-0.2, 0) is 23.1 Å². The third kappa shape index (κ3) is 5.76. The van der Waals surface area contributed by atoms with Crippen LogP contribution in [0.5, 0.6) is 0 Å². The van der Waals surface area contributed by atoms with Crippen molar-refractivity contribution in [3.8, 4) is 0 Å². The van der Waals surface area contributed by atoms with Gasteiger partial charge in [-0.1, -0.05) is 72.8 Å². The summed E-state index contributed by atoms with van der Waals surface area (Å²) < 4.78 is 29.3. The fourth-order valence-corrected chi connectivity index (χ4v) is 6.65. The minimum absolute atomic E-state index is 0.00764. The number of aromatic amines is 1. The molecule has 1 aliphatic rings. The van der Waals surface area contributed by atoms with Gasteiger partial charge in [-0.15, -0.1) is 0 Å². The number of fused-ring (bicyclic) bond motifs is 1. The molecule has 0 amide bonds. The van der Waals surface area contributed by atoms with E-state index < -0.39 is 10.0 Å². The highest BCUT2D eigenvalue weighted by Gasteiger charge is 2.35. The number of nitrogens with one attached hydrogen (secondary N) is 1. The van der Waals surface area contributed by atoms with Crippen LogP contribution in [0.25, 0.3) is 0 Å². The summed E-state index contributed by atoms with van der Waals surface area (Å²) in [5.74, 6) is 0. The maximum atomic E-state index is 13.9. The van der Waals surface area contributed by atoms with Gasteiger partial charge in [0.1, 0.15) is 4.90 Å². The van der Waals surface area contributed by atoms with Gasteiger partial charge in [-0.3, -0.25) is 0 Å². The van der Waals surface area contributed by atoms with Gasteiger partial charge in [0.05, 0.1) is 23.6 Å². The Kier molecular flexibility index (Phi) is 8.36. The van der Waals surface area contributed by atoms with E-state index in [1.807, 2.05) is 36.4 Å². The number of hydrogen-bond acceptors (Lipinski definition) is 4. The molecule has 0 radical (unpaired) electrons. The van der Waals surface area contributed by atoms with Crippen LogP contribution in [0.2, 0.25) is 10.0 Å². The van der Waals surface area contributed by atoms with Gasteiger partial charge >= 0.3 is 0 Å². The molecule has 2 heterocycles.